The van der Waals surface area contributed by atoms with Crippen molar-refractivity contribution in [1.82, 2.24) is 9.80 Å². The Labute approximate surface area is 104 Å². The highest BCUT2D eigenvalue weighted by atomic mass is 16.2. The number of carbonyl (C=O) groups is 1. The summed E-state index contributed by atoms with van der Waals surface area (Å²) < 4.78 is 0. The Bertz CT molecular complexity index is 264. The predicted octanol–water partition coefficient (Wildman–Crippen LogP) is 0.666. The van der Waals surface area contributed by atoms with Crippen LogP contribution in [-0.2, 0) is 4.79 Å². The summed E-state index contributed by atoms with van der Waals surface area (Å²) in [6.07, 6.45) is 3.38. The molecule has 0 aromatic carbocycles. The van der Waals surface area contributed by atoms with Crippen molar-refractivity contribution in [3.63, 3.8) is 0 Å². The summed E-state index contributed by atoms with van der Waals surface area (Å²) in [5, 5.41) is 0. The molecule has 0 aliphatic carbocycles. The van der Waals surface area contributed by atoms with Gasteiger partial charge in [0.05, 0.1) is 0 Å². The zero-order valence-electron chi connectivity index (χ0n) is 11.1. The SMILES string of the molecule is CC(=O)N1CCC(N2CC(C)CC(N)C2)CC1. The molecule has 2 aliphatic heterocycles. The normalized spacial score (nSPS) is 32.8. The third kappa shape index (κ3) is 3.19. The molecule has 4 nitrogen and oxygen atoms in total. The Balaban J connectivity index is 1.85. The Kier molecular flexibility index (Phi) is 4.05. The van der Waals surface area contributed by atoms with Gasteiger partial charge in [-0.25, -0.2) is 0 Å². The molecule has 0 saturated carbocycles. The van der Waals surface area contributed by atoms with E-state index < -0.39 is 0 Å². The first-order valence-electron chi connectivity index (χ1n) is 6.81. The van der Waals surface area contributed by atoms with Crippen molar-refractivity contribution in [3.05, 3.63) is 0 Å². The summed E-state index contributed by atoms with van der Waals surface area (Å²) in [4.78, 5) is 15.8. The van der Waals surface area contributed by atoms with Gasteiger partial charge < -0.3 is 10.6 Å². The van der Waals surface area contributed by atoms with Crippen LogP contribution in [0.25, 0.3) is 0 Å². The van der Waals surface area contributed by atoms with Gasteiger partial charge in [0.1, 0.15) is 0 Å². The predicted molar refractivity (Wildman–Crippen MR) is 68.6 cm³/mol. The van der Waals surface area contributed by atoms with E-state index >= 15 is 0 Å². The van der Waals surface area contributed by atoms with E-state index in [4.69, 9.17) is 5.73 Å². The molecular weight excluding hydrogens is 214 g/mol. The Morgan fingerprint density at radius 3 is 2.41 bits per heavy atom. The van der Waals surface area contributed by atoms with E-state index in [0.717, 1.165) is 38.9 Å². The summed E-state index contributed by atoms with van der Waals surface area (Å²) in [5.74, 6) is 0.928. The van der Waals surface area contributed by atoms with Gasteiger partial charge in [0, 0.05) is 45.2 Å². The summed E-state index contributed by atoms with van der Waals surface area (Å²) in [7, 11) is 0. The van der Waals surface area contributed by atoms with Crippen molar-refractivity contribution in [2.45, 2.75) is 45.2 Å². The molecule has 2 atom stereocenters. The standard InChI is InChI=1S/C13H25N3O/c1-10-7-12(14)9-16(8-10)13-3-5-15(6-4-13)11(2)17/h10,12-13H,3-9,14H2,1-2H3. The number of carbonyl (C=O) groups excluding carboxylic acids is 1. The largest absolute Gasteiger partial charge is 0.343 e. The third-order valence-corrected chi connectivity index (χ3v) is 4.15. The fraction of sp³-hybridized carbons (Fsp3) is 0.923. The van der Waals surface area contributed by atoms with Gasteiger partial charge in [0.15, 0.2) is 0 Å². The Morgan fingerprint density at radius 1 is 1.24 bits per heavy atom. The third-order valence-electron chi connectivity index (χ3n) is 4.15. The van der Waals surface area contributed by atoms with E-state index in [1.54, 1.807) is 6.92 Å². The summed E-state index contributed by atoms with van der Waals surface area (Å²) in [5.41, 5.74) is 6.09. The van der Waals surface area contributed by atoms with Crippen molar-refractivity contribution >= 4 is 5.91 Å². The number of likely N-dealkylation sites (tertiary alicyclic amines) is 2. The van der Waals surface area contributed by atoms with Gasteiger partial charge in [-0.1, -0.05) is 6.92 Å². The molecule has 2 unspecified atom stereocenters. The van der Waals surface area contributed by atoms with Crippen LogP contribution in [-0.4, -0.2) is 54.0 Å². The van der Waals surface area contributed by atoms with E-state index in [-0.39, 0.29) is 5.91 Å². The number of nitrogens with zero attached hydrogens (tertiary/aromatic N) is 2. The van der Waals surface area contributed by atoms with Crippen molar-refractivity contribution in [2.75, 3.05) is 26.2 Å². The molecule has 2 heterocycles. The Hall–Kier alpha value is -0.610. The zero-order chi connectivity index (χ0) is 12.4. The molecule has 0 aromatic heterocycles. The molecule has 2 N–H and O–H groups in total. The second-order valence-corrected chi connectivity index (χ2v) is 5.79. The minimum absolute atomic E-state index is 0.215. The van der Waals surface area contributed by atoms with Gasteiger partial charge in [0.25, 0.3) is 0 Å². The molecule has 2 fully saturated rings. The number of nitrogens with two attached hydrogens (primary N) is 1. The van der Waals surface area contributed by atoms with Gasteiger partial charge >= 0.3 is 0 Å². The van der Waals surface area contributed by atoms with Crippen LogP contribution in [0.2, 0.25) is 0 Å². The average Bonchev–Trinajstić information content (AvgIpc) is 2.28. The van der Waals surface area contributed by atoms with Gasteiger partial charge in [0.2, 0.25) is 5.91 Å². The zero-order valence-corrected chi connectivity index (χ0v) is 11.1. The molecule has 0 aromatic rings. The molecule has 17 heavy (non-hydrogen) atoms. The lowest BCUT2D eigenvalue weighted by atomic mass is 9.93. The van der Waals surface area contributed by atoms with Crippen molar-refractivity contribution in [1.29, 1.82) is 0 Å². The minimum atomic E-state index is 0.215. The molecular formula is C13H25N3O. The van der Waals surface area contributed by atoms with Gasteiger partial charge in [-0.15, -0.1) is 0 Å². The minimum Gasteiger partial charge on any atom is -0.343 e. The van der Waals surface area contributed by atoms with Crippen molar-refractivity contribution in [2.24, 2.45) is 11.7 Å². The monoisotopic (exact) mass is 239 g/mol. The van der Waals surface area contributed by atoms with Crippen LogP contribution >= 0.6 is 0 Å². The van der Waals surface area contributed by atoms with Crippen LogP contribution in [0, 0.1) is 5.92 Å². The highest BCUT2D eigenvalue weighted by Crippen LogP contribution is 2.23. The molecule has 98 valence electrons. The highest BCUT2D eigenvalue weighted by Gasteiger charge is 2.30. The molecule has 0 spiro atoms. The van der Waals surface area contributed by atoms with Crippen LogP contribution in [0.15, 0.2) is 0 Å². The molecule has 4 heteroatoms. The van der Waals surface area contributed by atoms with Crippen LogP contribution in [0.1, 0.15) is 33.1 Å². The maximum Gasteiger partial charge on any atom is 0.219 e. The topological polar surface area (TPSA) is 49.6 Å². The first-order chi connectivity index (χ1) is 8.06. The van der Waals surface area contributed by atoms with Crippen molar-refractivity contribution in [3.8, 4) is 0 Å². The molecule has 2 aliphatic rings. The lowest BCUT2D eigenvalue weighted by molar-refractivity contribution is -0.130. The maximum absolute atomic E-state index is 11.3. The number of piperidine rings is 2. The average molecular weight is 239 g/mol. The fourth-order valence-corrected chi connectivity index (χ4v) is 3.29. The molecule has 2 rings (SSSR count). The van der Waals surface area contributed by atoms with Crippen LogP contribution in [0.4, 0.5) is 0 Å². The van der Waals surface area contributed by atoms with Gasteiger partial charge in [-0.05, 0) is 25.2 Å². The number of hydrogen-bond acceptors (Lipinski definition) is 3. The second kappa shape index (κ2) is 5.36. The number of rotatable bonds is 1. The lowest BCUT2D eigenvalue weighted by Gasteiger charge is -2.43. The van der Waals surface area contributed by atoms with E-state index in [9.17, 15) is 4.79 Å². The molecule has 1 amide bonds. The van der Waals surface area contributed by atoms with Gasteiger partial charge in [-0.3, -0.25) is 9.69 Å². The molecule has 2 saturated heterocycles. The van der Waals surface area contributed by atoms with Crippen molar-refractivity contribution < 1.29 is 4.79 Å². The number of hydrogen-bond donors (Lipinski definition) is 1. The van der Waals surface area contributed by atoms with E-state index in [1.807, 2.05) is 4.90 Å². The van der Waals surface area contributed by atoms with Crippen LogP contribution in [0.5, 0.6) is 0 Å². The van der Waals surface area contributed by atoms with Gasteiger partial charge in [-0.2, -0.15) is 0 Å². The summed E-state index contributed by atoms with van der Waals surface area (Å²) in [6.45, 7) is 8.00. The summed E-state index contributed by atoms with van der Waals surface area (Å²) >= 11 is 0. The van der Waals surface area contributed by atoms with E-state index in [0.29, 0.717) is 18.0 Å². The quantitative estimate of drug-likeness (QED) is 0.731. The summed E-state index contributed by atoms with van der Waals surface area (Å²) in [6, 6.07) is 0.976. The van der Waals surface area contributed by atoms with E-state index in [1.165, 1.54) is 6.54 Å². The maximum atomic E-state index is 11.3. The smallest absolute Gasteiger partial charge is 0.219 e. The molecule has 0 bridgehead atoms. The van der Waals surface area contributed by atoms with E-state index in [2.05, 4.69) is 11.8 Å². The van der Waals surface area contributed by atoms with Crippen LogP contribution < -0.4 is 5.73 Å². The fourth-order valence-electron chi connectivity index (χ4n) is 3.29. The first-order valence-corrected chi connectivity index (χ1v) is 6.81. The van der Waals surface area contributed by atoms with Crippen LogP contribution in [0.3, 0.4) is 0 Å². The highest BCUT2D eigenvalue weighted by molar-refractivity contribution is 5.73. The number of amides is 1. The Morgan fingerprint density at radius 2 is 1.88 bits per heavy atom. The second-order valence-electron chi connectivity index (χ2n) is 5.79. The first kappa shape index (κ1) is 12.8. The lowest BCUT2D eigenvalue weighted by Crippen LogP contribution is -2.53. The molecule has 0 radical (unpaired) electrons.